The summed E-state index contributed by atoms with van der Waals surface area (Å²) in [5.41, 5.74) is -1.22. The average molecular weight is 270 g/mol. The minimum atomic E-state index is -0.853. The van der Waals surface area contributed by atoms with Crippen molar-refractivity contribution in [1.82, 2.24) is 10.6 Å². The maximum absolute atomic E-state index is 11.5. The average Bonchev–Trinajstić information content (AvgIpc) is 3.06. The molecule has 6 nitrogen and oxygen atoms in total. The van der Waals surface area contributed by atoms with Gasteiger partial charge in [0.05, 0.1) is 5.41 Å². The van der Waals surface area contributed by atoms with E-state index < -0.39 is 16.8 Å². The third kappa shape index (κ3) is 4.54. The van der Waals surface area contributed by atoms with Gasteiger partial charge in [-0.1, -0.05) is 20.8 Å². The second-order valence-corrected chi connectivity index (χ2v) is 6.12. The fourth-order valence-electron chi connectivity index (χ4n) is 1.53. The van der Waals surface area contributed by atoms with Crippen molar-refractivity contribution in [2.45, 2.75) is 40.0 Å². The number of carbonyl (C=O) groups is 3. The fourth-order valence-corrected chi connectivity index (χ4v) is 1.53. The van der Waals surface area contributed by atoms with Crippen LogP contribution >= 0.6 is 0 Å². The lowest BCUT2D eigenvalue weighted by Crippen LogP contribution is -2.39. The van der Waals surface area contributed by atoms with Crippen molar-refractivity contribution in [2.75, 3.05) is 13.1 Å². The molecule has 0 atom stereocenters. The first-order valence-electron chi connectivity index (χ1n) is 6.46. The van der Waals surface area contributed by atoms with Crippen LogP contribution in [0.2, 0.25) is 0 Å². The van der Waals surface area contributed by atoms with E-state index in [1.165, 1.54) is 0 Å². The predicted octanol–water partition coefficient (Wildman–Crippen LogP) is 0.520. The third-order valence-corrected chi connectivity index (χ3v) is 3.25. The molecule has 0 aromatic rings. The van der Waals surface area contributed by atoms with E-state index in [0.717, 1.165) is 0 Å². The molecule has 0 unspecified atom stereocenters. The smallest absolute Gasteiger partial charge is 0.311 e. The molecule has 3 N–H and O–H groups in total. The molecular weight excluding hydrogens is 248 g/mol. The zero-order valence-corrected chi connectivity index (χ0v) is 11.7. The molecule has 1 fully saturated rings. The van der Waals surface area contributed by atoms with Crippen LogP contribution in [0.15, 0.2) is 0 Å². The molecular formula is C13H22N2O4. The van der Waals surface area contributed by atoms with Gasteiger partial charge in [0.2, 0.25) is 11.8 Å². The zero-order valence-electron chi connectivity index (χ0n) is 11.7. The number of carboxylic acid groups (broad SMARTS) is 1. The maximum atomic E-state index is 11.5. The number of nitrogens with one attached hydrogen (secondary N) is 2. The second kappa shape index (κ2) is 5.59. The van der Waals surface area contributed by atoms with Crippen LogP contribution in [-0.2, 0) is 14.4 Å². The number of amides is 2. The molecule has 0 radical (unpaired) electrons. The fraction of sp³-hybridized carbons (Fsp3) is 0.769. The van der Waals surface area contributed by atoms with E-state index >= 15 is 0 Å². The van der Waals surface area contributed by atoms with E-state index in [4.69, 9.17) is 5.11 Å². The van der Waals surface area contributed by atoms with Gasteiger partial charge >= 0.3 is 5.97 Å². The highest BCUT2D eigenvalue weighted by Gasteiger charge is 2.50. The molecule has 1 saturated carbocycles. The summed E-state index contributed by atoms with van der Waals surface area (Å²) >= 11 is 0. The quantitative estimate of drug-likeness (QED) is 0.655. The number of hydrogen-bond donors (Lipinski definition) is 3. The lowest BCUT2D eigenvalue weighted by molar-refractivity contribution is -0.143. The first-order valence-corrected chi connectivity index (χ1v) is 6.46. The summed E-state index contributed by atoms with van der Waals surface area (Å²) in [4.78, 5) is 34.0. The van der Waals surface area contributed by atoms with E-state index in [1.807, 2.05) is 0 Å². The van der Waals surface area contributed by atoms with Gasteiger partial charge in [-0.25, -0.2) is 0 Å². The Labute approximate surface area is 112 Å². The summed E-state index contributed by atoms with van der Waals surface area (Å²) in [5, 5.41) is 14.2. The molecule has 1 rings (SSSR count). The van der Waals surface area contributed by atoms with E-state index in [9.17, 15) is 14.4 Å². The van der Waals surface area contributed by atoms with Gasteiger partial charge in [-0.2, -0.15) is 0 Å². The van der Waals surface area contributed by atoms with E-state index in [2.05, 4.69) is 10.6 Å². The Balaban J connectivity index is 2.19. The van der Waals surface area contributed by atoms with Crippen LogP contribution in [0.3, 0.4) is 0 Å². The maximum Gasteiger partial charge on any atom is 0.311 e. The Morgan fingerprint density at radius 3 is 2.16 bits per heavy atom. The minimum absolute atomic E-state index is 0.107. The van der Waals surface area contributed by atoms with Crippen molar-refractivity contribution in [2.24, 2.45) is 10.8 Å². The number of hydrogen-bond acceptors (Lipinski definition) is 3. The highest BCUT2D eigenvalue weighted by Crippen LogP contribution is 2.45. The van der Waals surface area contributed by atoms with Gasteiger partial charge in [0.15, 0.2) is 0 Å². The Kier molecular flexibility index (Phi) is 4.55. The van der Waals surface area contributed by atoms with Crippen LogP contribution < -0.4 is 10.6 Å². The molecule has 0 heterocycles. The van der Waals surface area contributed by atoms with Gasteiger partial charge in [0.1, 0.15) is 0 Å². The largest absolute Gasteiger partial charge is 0.481 e. The highest BCUT2D eigenvalue weighted by atomic mass is 16.4. The molecule has 0 bridgehead atoms. The monoisotopic (exact) mass is 270 g/mol. The molecule has 0 aliphatic heterocycles. The van der Waals surface area contributed by atoms with Gasteiger partial charge < -0.3 is 15.7 Å². The van der Waals surface area contributed by atoms with Crippen LogP contribution in [0.25, 0.3) is 0 Å². The molecule has 0 saturated heterocycles. The van der Waals surface area contributed by atoms with Gasteiger partial charge in [-0.05, 0) is 12.8 Å². The number of carboxylic acids is 1. The van der Waals surface area contributed by atoms with Crippen LogP contribution in [0.1, 0.15) is 40.0 Å². The van der Waals surface area contributed by atoms with Crippen LogP contribution in [0.5, 0.6) is 0 Å². The van der Waals surface area contributed by atoms with Crippen LogP contribution in [-0.4, -0.2) is 36.0 Å². The SMILES string of the molecule is CC(C)(C)C(=O)NCCC(=O)NCC1(C(=O)O)CC1. The molecule has 0 aromatic carbocycles. The number of aliphatic carboxylic acids is 1. The van der Waals surface area contributed by atoms with E-state index in [0.29, 0.717) is 12.8 Å². The zero-order chi connectivity index (χ0) is 14.7. The lowest BCUT2D eigenvalue weighted by atomic mass is 9.96. The Morgan fingerprint density at radius 1 is 1.16 bits per heavy atom. The summed E-state index contributed by atoms with van der Waals surface area (Å²) in [5.74, 6) is -1.19. The summed E-state index contributed by atoms with van der Waals surface area (Å²) in [6, 6.07) is 0. The lowest BCUT2D eigenvalue weighted by Gasteiger charge is -2.17. The molecule has 19 heavy (non-hydrogen) atoms. The second-order valence-electron chi connectivity index (χ2n) is 6.12. The molecule has 108 valence electrons. The summed E-state index contributed by atoms with van der Waals surface area (Å²) in [7, 11) is 0. The normalized spacial score (nSPS) is 16.6. The standard InChI is InChI=1S/C13H22N2O4/c1-12(2,3)10(17)14-7-4-9(16)15-8-13(5-6-13)11(18)19/h4-8H2,1-3H3,(H,14,17)(H,15,16)(H,18,19). The van der Waals surface area contributed by atoms with Crippen molar-refractivity contribution in [1.29, 1.82) is 0 Å². The van der Waals surface area contributed by atoms with Crippen molar-refractivity contribution in [3.63, 3.8) is 0 Å². The Hall–Kier alpha value is -1.59. The van der Waals surface area contributed by atoms with Crippen molar-refractivity contribution in [3.05, 3.63) is 0 Å². The van der Waals surface area contributed by atoms with E-state index in [-0.39, 0.29) is 31.3 Å². The summed E-state index contributed by atoms with van der Waals surface area (Å²) in [6.07, 6.45) is 1.39. The minimum Gasteiger partial charge on any atom is -0.481 e. The Bertz CT molecular complexity index is 381. The Morgan fingerprint density at radius 2 is 1.74 bits per heavy atom. The van der Waals surface area contributed by atoms with Crippen molar-refractivity contribution in [3.8, 4) is 0 Å². The molecule has 0 aromatic heterocycles. The predicted molar refractivity (Wildman–Crippen MR) is 69.4 cm³/mol. The first kappa shape index (κ1) is 15.5. The van der Waals surface area contributed by atoms with E-state index in [1.54, 1.807) is 20.8 Å². The summed E-state index contributed by atoms with van der Waals surface area (Å²) < 4.78 is 0. The highest BCUT2D eigenvalue weighted by molar-refractivity contribution is 5.83. The number of carbonyl (C=O) groups excluding carboxylic acids is 2. The molecule has 6 heteroatoms. The number of rotatable bonds is 6. The van der Waals surface area contributed by atoms with Gasteiger partial charge in [-0.3, -0.25) is 14.4 Å². The third-order valence-electron chi connectivity index (χ3n) is 3.25. The molecule has 1 aliphatic carbocycles. The van der Waals surface area contributed by atoms with Gasteiger partial charge in [0, 0.05) is 24.9 Å². The summed E-state index contributed by atoms with van der Waals surface area (Å²) in [6.45, 7) is 5.83. The van der Waals surface area contributed by atoms with Gasteiger partial charge in [0.25, 0.3) is 0 Å². The molecule has 1 aliphatic rings. The van der Waals surface area contributed by atoms with Crippen LogP contribution in [0.4, 0.5) is 0 Å². The first-order chi connectivity index (χ1) is 8.67. The van der Waals surface area contributed by atoms with Crippen molar-refractivity contribution >= 4 is 17.8 Å². The van der Waals surface area contributed by atoms with Gasteiger partial charge in [-0.15, -0.1) is 0 Å². The molecule has 0 spiro atoms. The topological polar surface area (TPSA) is 95.5 Å². The van der Waals surface area contributed by atoms with Crippen molar-refractivity contribution < 1.29 is 19.5 Å². The molecule has 2 amide bonds. The van der Waals surface area contributed by atoms with Crippen LogP contribution in [0, 0.1) is 10.8 Å².